The van der Waals surface area contributed by atoms with E-state index in [0.29, 0.717) is 41.1 Å². The lowest BCUT2D eigenvalue weighted by molar-refractivity contribution is -0.127. The summed E-state index contributed by atoms with van der Waals surface area (Å²) < 4.78 is 7.52. The monoisotopic (exact) mass is 456 g/mol. The van der Waals surface area contributed by atoms with Crippen LogP contribution in [0, 0.1) is 0 Å². The average Bonchev–Trinajstić information content (AvgIpc) is 3.29. The summed E-state index contributed by atoms with van der Waals surface area (Å²) >= 11 is 0. The molecule has 5 rings (SSSR count). The van der Waals surface area contributed by atoms with Gasteiger partial charge in [-0.1, -0.05) is 24.8 Å². The number of carbonyl (C=O) groups excluding carboxylic acids is 1. The quantitative estimate of drug-likeness (QED) is 0.445. The molecule has 2 aromatic heterocycles. The molecule has 1 aliphatic heterocycles. The lowest BCUT2D eigenvalue weighted by Gasteiger charge is -2.31. The molecule has 0 aliphatic carbocycles. The first kappa shape index (κ1) is 21.4. The van der Waals surface area contributed by atoms with Gasteiger partial charge in [0.1, 0.15) is 17.0 Å². The highest BCUT2D eigenvalue weighted by atomic mass is 16.5. The number of H-pyrrole nitrogens is 1. The summed E-state index contributed by atoms with van der Waals surface area (Å²) in [6.45, 7) is 4.70. The minimum atomic E-state index is -0.360. The predicted molar refractivity (Wildman–Crippen MR) is 129 cm³/mol. The Labute approximate surface area is 195 Å². The summed E-state index contributed by atoms with van der Waals surface area (Å²) in [6.07, 6.45) is 2.92. The normalized spacial score (nSPS) is 15.9. The summed E-state index contributed by atoms with van der Waals surface area (Å²) in [7, 11) is 0. The molecule has 34 heavy (non-hydrogen) atoms. The fourth-order valence-corrected chi connectivity index (χ4v) is 4.40. The Balaban J connectivity index is 1.55. The molecule has 1 saturated heterocycles. The number of rotatable bonds is 5. The number of nitrogens with one attached hydrogen (secondary N) is 1. The van der Waals surface area contributed by atoms with E-state index in [-0.39, 0.29) is 23.2 Å². The molecule has 1 amide bonds. The number of ether oxygens (including phenoxy) is 1. The molecule has 9 heteroatoms. The molecule has 4 aromatic rings. The van der Waals surface area contributed by atoms with Crippen LogP contribution in [0.4, 0.5) is 5.82 Å². The molecule has 3 N–H and O–H groups in total. The second kappa shape index (κ2) is 8.86. The second-order valence-corrected chi connectivity index (χ2v) is 8.20. The number of anilines is 1. The molecule has 172 valence electrons. The molecule has 0 radical (unpaired) electrons. The fraction of sp³-hybridized carbons (Fsp3) is 0.200. The van der Waals surface area contributed by atoms with Crippen LogP contribution in [0.3, 0.4) is 0 Å². The Bertz CT molecular complexity index is 1410. The molecule has 9 nitrogen and oxygen atoms in total. The maximum atomic E-state index is 12.8. The number of hydrogen-bond donors (Lipinski definition) is 2. The van der Waals surface area contributed by atoms with Gasteiger partial charge in [0.2, 0.25) is 5.91 Å². The zero-order valence-corrected chi connectivity index (χ0v) is 18.5. The van der Waals surface area contributed by atoms with Crippen molar-refractivity contribution in [3.63, 3.8) is 0 Å². The van der Waals surface area contributed by atoms with Gasteiger partial charge in [0.25, 0.3) is 5.56 Å². The molecule has 0 bridgehead atoms. The Morgan fingerprint density at radius 1 is 1.15 bits per heavy atom. The van der Waals surface area contributed by atoms with Crippen LogP contribution in [0.25, 0.3) is 16.6 Å². The highest BCUT2D eigenvalue weighted by Crippen LogP contribution is 2.33. The number of nitrogens with two attached hydrogens (primary N) is 1. The van der Waals surface area contributed by atoms with Crippen molar-refractivity contribution in [1.29, 1.82) is 0 Å². The van der Waals surface area contributed by atoms with Crippen molar-refractivity contribution < 1.29 is 9.53 Å². The number of benzene rings is 2. The van der Waals surface area contributed by atoms with E-state index < -0.39 is 0 Å². The standard InChI is InChI=1S/C25H24N6O3/c1-2-20(32)30-14-6-7-16(15-30)22-21-23(24(26)27-28-25(21)33)31(29-22)17-10-12-19(13-11-17)34-18-8-4-3-5-9-18/h2-5,8-13,16H,1,6-7,14-15H2,(H2,26,27)(H,28,33)/t16-/m0/s1. The van der Waals surface area contributed by atoms with E-state index in [9.17, 15) is 9.59 Å². The van der Waals surface area contributed by atoms with Crippen molar-refractivity contribution in [3.05, 3.63) is 83.3 Å². The topological polar surface area (TPSA) is 119 Å². The predicted octanol–water partition coefficient (Wildman–Crippen LogP) is 3.38. The van der Waals surface area contributed by atoms with Gasteiger partial charge in [0.15, 0.2) is 5.82 Å². The summed E-state index contributed by atoms with van der Waals surface area (Å²) in [5, 5.41) is 11.6. The van der Waals surface area contributed by atoms with Crippen LogP contribution in [0.5, 0.6) is 11.5 Å². The number of aromatic nitrogens is 4. The number of carbonyl (C=O) groups is 1. The van der Waals surface area contributed by atoms with Gasteiger partial charge >= 0.3 is 0 Å². The van der Waals surface area contributed by atoms with E-state index in [2.05, 4.69) is 16.8 Å². The molecule has 0 saturated carbocycles. The van der Waals surface area contributed by atoms with Gasteiger partial charge in [-0.2, -0.15) is 10.2 Å². The van der Waals surface area contributed by atoms with Crippen molar-refractivity contribution in [2.24, 2.45) is 0 Å². The van der Waals surface area contributed by atoms with Crippen molar-refractivity contribution in [3.8, 4) is 17.2 Å². The third-order valence-corrected chi connectivity index (χ3v) is 6.01. The number of hydrogen-bond acceptors (Lipinski definition) is 6. The van der Waals surface area contributed by atoms with E-state index >= 15 is 0 Å². The largest absolute Gasteiger partial charge is 0.457 e. The Hall–Kier alpha value is -4.40. The molecular formula is C25H24N6O3. The van der Waals surface area contributed by atoms with Crippen LogP contribution >= 0.6 is 0 Å². The first-order valence-electron chi connectivity index (χ1n) is 11.1. The maximum Gasteiger partial charge on any atom is 0.275 e. The third kappa shape index (κ3) is 3.92. The van der Waals surface area contributed by atoms with Gasteiger partial charge in [-0.3, -0.25) is 9.59 Å². The van der Waals surface area contributed by atoms with Crippen LogP contribution in [0.15, 0.2) is 72.0 Å². The van der Waals surface area contributed by atoms with E-state index in [4.69, 9.17) is 15.6 Å². The van der Waals surface area contributed by atoms with Crippen molar-refractivity contribution in [2.45, 2.75) is 18.8 Å². The molecule has 1 aliphatic rings. The van der Waals surface area contributed by atoms with E-state index in [1.165, 1.54) is 6.08 Å². The molecule has 0 unspecified atom stereocenters. The van der Waals surface area contributed by atoms with Crippen LogP contribution < -0.4 is 16.0 Å². The molecule has 2 aromatic carbocycles. The highest BCUT2D eigenvalue weighted by molar-refractivity contribution is 5.91. The fourth-order valence-electron chi connectivity index (χ4n) is 4.40. The van der Waals surface area contributed by atoms with E-state index in [1.807, 2.05) is 54.6 Å². The number of likely N-dealkylation sites (tertiary alicyclic amines) is 1. The minimum absolute atomic E-state index is 0.106. The lowest BCUT2D eigenvalue weighted by Crippen LogP contribution is -2.38. The number of nitrogen functional groups attached to an aromatic ring is 1. The Morgan fingerprint density at radius 3 is 2.62 bits per heavy atom. The smallest absolute Gasteiger partial charge is 0.275 e. The number of para-hydroxylation sites is 1. The summed E-state index contributed by atoms with van der Waals surface area (Å²) in [5.74, 6) is 1.34. The minimum Gasteiger partial charge on any atom is -0.457 e. The van der Waals surface area contributed by atoms with Crippen LogP contribution in [0.2, 0.25) is 0 Å². The summed E-state index contributed by atoms with van der Waals surface area (Å²) in [4.78, 5) is 26.8. The van der Waals surface area contributed by atoms with Gasteiger partial charge in [0, 0.05) is 19.0 Å². The number of aromatic amines is 1. The average molecular weight is 457 g/mol. The lowest BCUT2D eigenvalue weighted by atomic mass is 9.93. The van der Waals surface area contributed by atoms with E-state index in [0.717, 1.165) is 18.6 Å². The molecule has 1 fully saturated rings. The number of amides is 1. The van der Waals surface area contributed by atoms with Crippen molar-refractivity contribution >= 4 is 22.6 Å². The van der Waals surface area contributed by atoms with Gasteiger partial charge in [-0.25, -0.2) is 9.78 Å². The summed E-state index contributed by atoms with van der Waals surface area (Å²) in [6, 6.07) is 16.9. The van der Waals surface area contributed by atoms with Gasteiger partial charge in [-0.05, 0) is 55.3 Å². The van der Waals surface area contributed by atoms with Gasteiger partial charge < -0.3 is 15.4 Å². The number of nitrogens with zero attached hydrogens (tertiary/aromatic N) is 4. The van der Waals surface area contributed by atoms with Crippen LogP contribution in [-0.2, 0) is 4.79 Å². The SMILES string of the molecule is C=CC(=O)N1CCC[C@H](c2nn(-c3ccc(Oc4ccccc4)cc3)c3c(N)n[nH]c(=O)c23)C1. The van der Waals surface area contributed by atoms with Gasteiger partial charge in [-0.15, -0.1) is 0 Å². The maximum absolute atomic E-state index is 12.8. The van der Waals surface area contributed by atoms with Crippen molar-refractivity contribution in [2.75, 3.05) is 18.8 Å². The first-order chi connectivity index (χ1) is 16.5. The van der Waals surface area contributed by atoms with E-state index in [1.54, 1.807) is 9.58 Å². The third-order valence-electron chi connectivity index (χ3n) is 6.01. The Morgan fingerprint density at radius 2 is 1.88 bits per heavy atom. The van der Waals surface area contributed by atoms with Gasteiger partial charge in [0.05, 0.1) is 16.8 Å². The second-order valence-electron chi connectivity index (χ2n) is 8.20. The number of piperidine rings is 1. The zero-order valence-electron chi connectivity index (χ0n) is 18.5. The molecule has 3 heterocycles. The van der Waals surface area contributed by atoms with Crippen LogP contribution in [0.1, 0.15) is 24.5 Å². The molecule has 0 spiro atoms. The Kier molecular flexibility index (Phi) is 5.59. The molecule has 1 atom stereocenters. The number of fused-ring (bicyclic) bond motifs is 1. The van der Waals surface area contributed by atoms with Crippen LogP contribution in [-0.4, -0.2) is 43.9 Å². The summed E-state index contributed by atoms with van der Waals surface area (Å²) in [5.41, 5.74) is 7.60. The molecular weight excluding hydrogens is 432 g/mol. The highest BCUT2D eigenvalue weighted by Gasteiger charge is 2.30. The van der Waals surface area contributed by atoms with Crippen molar-refractivity contribution in [1.82, 2.24) is 24.9 Å². The first-order valence-corrected chi connectivity index (χ1v) is 11.1. The zero-order chi connectivity index (χ0) is 23.7.